The van der Waals surface area contributed by atoms with E-state index in [1.807, 2.05) is 24.3 Å². The highest BCUT2D eigenvalue weighted by atomic mass is 16.5. The van der Waals surface area contributed by atoms with Crippen LogP contribution in [-0.2, 0) is 11.2 Å². The summed E-state index contributed by atoms with van der Waals surface area (Å²) in [6, 6.07) is 16.0. The minimum Gasteiger partial charge on any atom is -0.454 e. The van der Waals surface area contributed by atoms with Crippen molar-refractivity contribution in [2.24, 2.45) is 0 Å². The van der Waals surface area contributed by atoms with E-state index in [1.54, 1.807) is 0 Å². The summed E-state index contributed by atoms with van der Waals surface area (Å²) in [6.45, 7) is 2.06. The molecule has 3 rings (SSSR count). The van der Waals surface area contributed by atoms with E-state index in [2.05, 4.69) is 31.2 Å². The van der Waals surface area contributed by atoms with Crippen molar-refractivity contribution in [2.75, 3.05) is 0 Å². The van der Waals surface area contributed by atoms with Crippen LogP contribution in [0.25, 0.3) is 0 Å². The van der Waals surface area contributed by atoms with Crippen LogP contribution in [0.2, 0.25) is 0 Å². The molecule has 0 radical (unpaired) electrons. The van der Waals surface area contributed by atoms with Crippen LogP contribution in [0.15, 0.2) is 48.5 Å². The summed E-state index contributed by atoms with van der Waals surface area (Å²) < 4.78 is 5.43. The quantitative estimate of drug-likeness (QED) is 0.749. The molecule has 1 unspecified atom stereocenters. The Hall–Kier alpha value is -2.09. The van der Waals surface area contributed by atoms with E-state index in [0.29, 0.717) is 5.56 Å². The minimum absolute atomic E-state index is 0.142. The lowest BCUT2D eigenvalue weighted by atomic mass is 9.99. The molecule has 0 bridgehead atoms. The number of hydrogen-bond acceptors (Lipinski definition) is 2. The molecular formula is C16H14O2. The highest BCUT2D eigenvalue weighted by molar-refractivity contribution is 5.94. The van der Waals surface area contributed by atoms with Crippen molar-refractivity contribution in [2.45, 2.75) is 19.4 Å². The van der Waals surface area contributed by atoms with Crippen molar-refractivity contribution < 1.29 is 9.53 Å². The highest BCUT2D eigenvalue weighted by Gasteiger charge is 2.30. The number of rotatable bonds is 2. The third-order valence-electron chi connectivity index (χ3n) is 3.32. The summed E-state index contributed by atoms with van der Waals surface area (Å²) in [5.41, 5.74) is 4.13. The lowest BCUT2D eigenvalue weighted by Gasteiger charge is -2.10. The molecule has 2 heteroatoms. The van der Waals surface area contributed by atoms with E-state index in [9.17, 15) is 4.79 Å². The molecule has 1 atom stereocenters. The van der Waals surface area contributed by atoms with Crippen molar-refractivity contribution in [3.05, 3.63) is 70.8 Å². The van der Waals surface area contributed by atoms with Crippen LogP contribution in [-0.4, -0.2) is 5.97 Å². The molecule has 90 valence electrons. The SMILES string of the molecule is Cc1ccc(CC2OC(=O)c3ccccc32)cc1. The monoisotopic (exact) mass is 238 g/mol. The van der Waals surface area contributed by atoms with Crippen LogP contribution in [0.3, 0.4) is 0 Å². The molecule has 0 aromatic heterocycles. The largest absolute Gasteiger partial charge is 0.454 e. The zero-order chi connectivity index (χ0) is 12.5. The molecule has 2 aromatic rings. The highest BCUT2D eigenvalue weighted by Crippen LogP contribution is 2.32. The fourth-order valence-corrected chi connectivity index (χ4v) is 2.31. The molecule has 0 saturated heterocycles. The summed E-state index contributed by atoms with van der Waals surface area (Å²) in [6.07, 6.45) is 0.597. The smallest absolute Gasteiger partial charge is 0.339 e. The first kappa shape index (κ1) is 11.0. The lowest BCUT2D eigenvalue weighted by molar-refractivity contribution is 0.0387. The van der Waals surface area contributed by atoms with Crippen LogP contribution < -0.4 is 0 Å². The molecule has 0 fully saturated rings. The number of aryl methyl sites for hydroxylation is 1. The van der Waals surface area contributed by atoms with Crippen molar-refractivity contribution in [1.29, 1.82) is 0 Å². The van der Waals surface area contributed by atoms with Crippen LogP contribution in [0, 0.1) is 6.92 Å². The van der Waals surface area contributed by atoms with Crippen molar-refractivity contribution in [1.82, 2.24) is 0 Å². The van der Waals surface area contributed by atoms with Gasteiger partial charge in [0.2, 0.25) is 0 Å². The third kappa shape index (κ3) is 1.90. The van der Waals surface area contributed by atoms with E-state index < -0.39 is 0 Å². The standard InChI is InChI=1S/C16H14O2/c1-11-6-8-12(9-7-11)10-15-13-4-2-3-5-14(13)16(17)18-15/h2-9,15H,10H2,1H3. The predicted octanol–water partition coefficient (Wildman–Crippen LogP) is 3.45. The average molecular weight is 238 g/mol. The van der Waals surface area contributed by atoms with E-state index in [1.165, 1.54) is 11.1 Å². The Balaban J connectivity index is 1.87. The number of esters is 1. The zero-order valence-corrected chi connectivity index (χ0v) is 10.2. The minimum atomic E-state index is -0.206. The maximum absolute atomic E-state index is 11.7. The molecule has 0 aliphatic carbocycles. The zero-order valence-electron chi connectivity index (χ0n) is 10.2. The van der Waals surface area contributed by atoms with E-state index in [-0.39, 0.29) is 12.1 Å². The van der Waals surface area contributed by atoms with Crippen molar-refractivity contribution >= 4 is 5.97 Å². The Morgan fingerprint density at radius 2 is 1.78 bits per heavy atom. The van der Waals surface area contributed by atoms with Gasteiger partial charge < -0.3 is 4.74 Å². The summed E-state index contributed by atoms with van der Waals surface area (Å²) >= 11 is 0. The summed E-state index contributed by atoms with van der Waals surface area (Å²) in [7, 11) is 0. The molecule has 0 N–H and O–H groups in total. The van der Waals surface area contributed by atoms with Crippen LogP contribution in [0.1, 0.15) is 33.2 Å². The molecule has 1 aliphatic heterocycles. The van der Waals surface area contributed by atoms with Gasteiger partial charge >= 0.3 is 5.97 Å². The number of hydrogen-bond donors (Lipinski definition) is 0. The van der Waals surface area contributed by atoms with Gasteiger partial charge in [0.25, 0.3) is 0 Å². The molecule has 0 saturated carbocycles. The molecule has 1 aliphatic rings. The van der Waals surface area contributed by atoms with Gasteiger partial charge in [-0.15, -0.1) is 0 Å². The van der Waals surface area contributed by atoms with Crippen molar-refractivity contribution in [3.63, 3.8) is 0 Å². The number of benzene rings is 2. The number of carbonyl (C=O) groups is 1. The second-order valence-electron chi connectivity index (χ2n) is 4.67. The Kier molecular flexibility index (Phi) is 2.63. The maximum Gasteiger partial charge on any atom is 0.339 e. The molecule has 18 heavy (non-hydrogen) atoms. The Morgan fingerprint density at radius 1 is 1.06 bits per heavy atom. The van der Waals surface area contributed by atoms with Crippen LogP contribution >= 0.6 is 0 Å². The predicted molar refractivity (Wildman–Crippen MR) is 69.5 cm³/mol. The van der Waals surface area contributed by atoms with E-state index in [0.717, 1.165) is 12.0 Å². The van der Waals surface area contributed by atoms with E-state index in [4.69, 9.17) is 4.74 Å². The number of cyclic esters (lactones) is 1. The first-order valence-corrected chi connectivity index (χ1v) is 6.09. The normalized spacial score (nSPS) is 17.4. The second kappa shape index (κ2) is 4.30. The summed E-state index contributed by atoms with van der Waals surface area (Å²) in [5.74, 6) is -0.206. The second-order valence-corrected chi connectivity index (χ2v) is 4.67. The van der Waals surface area contributed by atoms with Gasteiger partial charge in [-0.25, -0.2) is 4.79 Å². The fourth-order valence-electron chi connectivity index (χ4n) is 2.31. The summed E-state index contributed by atoms with van der Waals surface area (Å²) in [4.78, 5) is 11.7. The Bertz CT molecular complexity index is 584. The summed E-state index contributed by atoms with van der Waals surface area (Å²) in [5, 5.41) is 0. The van der Waals surface area contributed by atoms with Gasteiger partial charge in [0.15, 0.2) is 0 Å². The van der Waals surface area contributed by atoms with E-state index >= 15 is 0 Å². The van der Waals surface area contributed by atoms with Gasteiger partial charge in [0.05, 0.1) is 5.56 Å². The Labute approximate surface area is 106 Å². The van der Waals surface area contributed by atoms with Crippen LogP contribution in [0.4, 0.5) is 0 Å². The molecule has 2 nitrogen and oxygen atoms in total. The third-order valence-corrected chi connectivity index (χ3v) is 3.32. The average Bonchev–Trinajstić information content (AvgIpc) is 2.70. The van der Waals surface area contributed by atoms with Gasteiger partial charge in [-0.3, -0.25) is 0 Å². The number of ether oxygens (including phenoxy) is 1. The van der Waals surface area contributed by atoms with Gasteiger partial charge in [0, 0.05) is 12.0 Å². The number of carbonyl (C=O) groups excluding carboxylic acids is 1. The molecule has 2 aromatic carbocycles. The molecule has 1 heterocycles. The van der Waals surface area contributed by atoms with Crippen molar-refractivity contribution in [3.8, 4) is 0 Å². The van der Waals surface area contributed by atoms with Gasteiger partial charge in [-0.1, -0.05) is 48.0 Å². The van der Waals surface area contributed by atoms with Gasteiger partial charge in [-0.05, 0) is 18.6 Å². The van der Waals surface area contributed by atoms with Gasteiger partial charge in [0.1, 0.15) is 6.10 Å². The Morgan fingerprint density at radius 3 is 2.56 bits per heavy atom. The lowest BCUT2D eigenvalue weighted by Crippen LogP contribution is -2.02. The number of fused-ring (bicyclic) bond motifs is 1. The molecular weight excluding hydrogens is 224 g/mol. The first-order chi connectivity index (χ1) is 8.74. The molecule has 0 amide bonds. The fraction of sp³-hybridized carbons (Fsp3) is 0.188. The topological polar surface area (TPSA) is 26.3 Å². The van der Waals surface area contributed by atoms with Gasteiger partial charge in [-0.2, -0.15) is 0 Å². The molecule has 0 spiro atoms. The maximum atomic E-state index is 11.7. The first-order valence-electron chi connectivity index (χ1n) is 6.09. The van der Waals surface area contributed by atoms with Crippen LogP contribution in [0.5, 0.6) is 0 Å².